The van der Waals surface area contributed by atoms with E-state index in [0.717, 1.165) is 32.7 Å². The van der Waals surface area contributed by atoms with Gasteiger partial charge in [-0.3, -0.25) is 4.90 Å². The van der Waals surface area contributed by atoms with Gasteiger partial charge in [0.15, 0.2) is 5.76 Å². The SMILES string of the molecule is Cc1ccc(CN2CCN(c3oc(-c4ccco4)nc3C#N)CC2)cc1. The van der Waals surface area contributed by atoms with Crippen LogP contribution < -0.4 is 4.90 Å². The lowest BCUT2D eigenvalue weighted by atomic mass is 10.1. The van der Waals surface area contributed by atoms with Crippen LogP contribution in [-0.2, 0) is 6.54 Å². The first-order chi connectivity index (χ1) is 12.7. The van der Waals surface area contributed by atoms with Crippen LogP contribution in [0.1, 0.15) is 16.8 Å². The van der Waals surface area contributed by atoms with E-state index in [2.05, 4.69) is 52.0 Å². The number of nitriles is 1. The van der Waals surface area contributed by atoms with Gasteiger partial charge in [-0.05, 0) is 24.6 Å². The van der Waals surface area contributed by atoms with E-state index in [9.17, 15) is 5.26 Å². The molecule has 3 heterocycles. The van der Waals surface area contributed by atoms with Crippen LogP contribution in [0.5, 0.6) is 0 Å². The van der Waals surface area contributed by atoms with Crippen LogP contribution >= 0.6 is 0 Å². The normalized spacial score (nSPS) is 15.2. The number of aromatic nitrogens is 1. The first-order valence-corrected chi connectivity index (χ1v) is 8.70. The van der Waals surface area contributed by atoms with Crippen molar-refractivity contribution in [2.75, 3.05) is 31.1 Å². The molecular formula is C20H20N4O2. The van der Waals surface area contributed by atoms with E-state index in [1.807, 2.05) is 0 Å². The number of hydrogen-bond acceptors (Lipinski definition) is 6. The molecular weight excluding hydrogens is 328 g/mol. The molecule has 0 N–H and O–H groups in total. The Morgan fingerprint density at radius 1 is 1.12 bits per heavy atom. The Bertz CT molecular complexity index is 898. The van der Waals surface area contributed by atoms with Gasteiger partial charge in [-0.2, -0.15) is 10.2 Å². The van der Waals surface area contributed by atoms with Crippen LogP contribution in [0.3, 0.4) is 0 Å². The Labute approximate surface area is 152 Å². The molecule has 2 aromatic heterocycles. The lowest BCUT2D eigenvalue weighted by Crippen LogP contribution is -2.46. The molecule has 1 aliphatic heterocycles. The summed E-state index contributed by atoms with van der Waals surface area (Å²) in [6, 6.07) is 14.3. The first-order valence-electron chi connectivity index (χ1n) is 8.70. The van der Waals surface area contributed by atoms with E-state index in [-0.39, 0.29) is 0 Å². The van der Waals surface area contributed by atoms with Gasteiger partial charge in [0.25, 0.3) is 5.89 Å². The van der Waals surface area contributed by atoms with Crippen LogP contribution in [0.2, 0.25) is 0 Å². The molecule has 0 saturated carbocycles. The third-order valence-electron chi connectivity index (χ3n) is 4.63. The predicted molar refractivity (Wildman–Crippen MR) is 97.6 cm³/mol. The van der Waals surface area contributed by atoms with Crippen molar-refractivity contribution in [3.8, 4) is 17.7 Å². The fourth-order valence-corrected chi connectivity index (χ4v) is 3.17. The van der Waals surface area contributed by atoms with Gasteiger partial charge in [0.2, 0.25) is 11.6 Å². The zero-order valence-corrected chi connectivity index (χ0v) is 14.7. The minimum Gasteiger partial charge on any atom is -0.459 e. The van der Waals surface area contributed by atoms with Gasteiger partial charge in [-0.1, -0.05) is 29.8 Å². The van der Waals surface area contributed by atoms with Gasteiger partial charge in [0, 0.05) is 32.7 Å². The quantitative estimate of drug-likeness (QED) is 0.719. The van der Waals surface area contributed by atoms with Gasteiger partial charge in [0.05, 0.1) is 6.26 Å². The van der Waals surface area contributed by atoms with Crippen LogP contribution in [-0.4, -0.2) is 36.1 Å². The molecule has 132 valence electrons. The number of rotatable bonds is 4. The Morgan fingerprint density at radius 2 is 1.88 bits per heavy atom. The molecule has 4 rings (SSSR count). The number of aryl methyl sites for hydroxylation is 1. The maximum Gasteiger partial charge on any atom is 0.266 e. The summed E-state index contributed by atoms with van der Waals surface area (Å²) in [6.45, 7) is 6.46. The lowest BCUT2D eigenvalue weighted by molar-refractivity contribution is 0.246. The van der Waals surface area contributed by atoms with E-state index in [1.54, 1.807) is 18.4 Å². The summed E-state index contributed by atoms with van der Waals surface area (Å²) in [7, 11) is 0. The minimum absolute atomic E-state index is 0.309. The van der Waals surface area contributed by atoms with E-state index >= 15 is 0 Å². The molecule has 1 aromatic carbocycles. The molecule has 6 heteroatoms. The van der Waals surface area contributed by atoms with E-state index in [4.69, 9.17) is 8.83 Å². The smallest absolute Gasteiger partial charge is 0.266 e. The summed E-state index contributed by atoms with van der Waals surface area (Å²) in [5.41, 5.74) is 2.91. The number of furan rings is 1. The monoisotopic (exact) mass is 348 g/mol. The summed E-state index contributed by atoms with van der Waals surface area (Å²) in [6.07, 6.45) is 1.56. The second-order valence-corrected chi connectivity index (χ2v) is 6.51. The molecule has 0 radical (unpaired) electrons. The van der Waals surface area contributed by atoms with Gasteiger partial charge < -0.3 is 13.7 Å². The maximum atomic E-state index is 9.39. The lowest BCUT2D eigenvalue weighted by Gasteiger charge is -2.34. The first kappa shape index (κ1) is 16.4. The van der Waals surface area contributed by atoms with Gasteiger partial charge in [-0.15, -0.1) is 0 Å². The Kier molecular flexibility index (Phi) is 4.46. The zero-order chi connectivity index (χ0) is 17.9. The predicted octanol–water partition coefficient (Wildman–Crippen LogP) is 3.44. The number of piperazine rings is 1. The van der Waals surface area contributed by atoms with Crippen molar-refractivity contribution in [3.05, 3.63) is 59.5 Å². The standard InChI is InChI=1S/C20H20N4O2/c1-15-4-6-16(7-5-15)14-23-8-10-24(11-9-23)20-17(13-21)22-19(26-20)18-3-2-12-25-18/h2-7,12H,8-11,14H2,1H3. The van der Waals surface area contributed by atoms with E-state index in [0.29, 0.717) is 23.2 Å². The number of anilines is 1. The molecule has 1 fully saturated rings. The molecule has 0 bridgehead atoms. The second kappa shape index (κ2) is 7.06. The highest BCUT2D eigenvalue weighted by Gasteiger charge is 2.25. The average Bonchev–Trinajstić information content (AvgIpc) is 3.33. The van der Waals surface area contributed by atoms with Gasteiger partial charge in [0.1, 0.15) is 6.07 Å². The zero-order valence-electron chi connectivity index (χ0n) is 14.7. The highest BCUT2D eigenvalue weighted by atomic mass is 16.4. The van der Waals surface area contributed by atoms with Gasteiger partial charge in [-0.25, -0.2) is 0 Å². The number of nitrogens with zero attached hydrogens (tertiary/aromatic N) is 4. The van der Waals surface area contributed by atoms with Crippen molar-refractivity contribution >= 4 is 5.88 Å². The Balaban J connectivity index is 1.43. The molecule has 0 spiro atoms. The number of oxazole rings is 1. The highest BCUT2D eigenvalue weighted by Crippen LogP contribution is 2.29. The van der Waals surface area contributed by atoms with Crippen LogP contribution in [0.15, 0.2) is 51.5 Å². The van der Waals surface area contributed by atoms with Crippen molar-refractivity contribution < 1.29 is 8.83 Å². The van der Waals surface area contributed by atoms with Crippen LogP contribution in [0.25, 0.3) is 11.7 Å². The van der Waals surface area contributed by atoms with Crippen molar-refractivity contribution in [2.45, 2.75) is 13.5 Å². The molecule has 3 aromatic rings. The molecule has 0 amide bonds. The third kappa shape index (κ3) is 3.35. The van der Waals surface area contributed by atoms with Crippen LogP contribution in [0, 0.1) is 18.3 Å². The molecule has 1 saturated heterocycles. The fraction of sp³-hybridized carbons (Fsp3) is 0.300. The Hall–Kier alpha value is -3.04. The summed E-state index contributed by atoms with van der Waals surface area (Å²) in [4.78, 5) is 8.77. The van der Waals surface area contributed by atoms with E-state index < -0.39 is 0 Å². The molecule has 0 unspecified atom stereocenters. The summed E-state index contributed by atoms with van der Waals surface area (Å²) in [5.74, 6) is 1.42. The molecule has 0 aliphatic carbocycles. The topological polar surface area (TPSA) is 69.4 Å². The molecule has 6 nitrogen and oxygen atoms in total. The Morgan fingerprint density at radius 3 is 2.54 bits per heavy atom. The minimum atomic E-state index is 0.309. The largest absolute Gasteiger partial charge is 0.459 e. The van der Waals surface area contributed by atoms with Crippen molar-refractivity contribution in [1.29, 1.82) is 5.26 Å². The van der Waals surface area contributed by atoms with Crippen molar-refractivity contribution in [1.82, 2.24) is 9.88 Å². The molecule has 26 heavy (non-hydrogen) atoms. The third-order valence-corrected chi connectivity index (χ3v) is 4.63. The summed E-state index contributed by atoms with van der Waals surface area (Å²) < 4.78 is 11.2. The maximum absolute atomic E-state index is 9.39. The molecule has 1 aliphatic rings. The van der Waals surface area contributed by atoms with Crippen LogP contribution in [0.4, 0.5) is 5.88 Å². The second-order valence-electron chi connectivity index (χ2n) is 6.51. The van der Waals surface area contributed by atoms with Crippen molar-refractivity contribution in [2.24, 2.45) is 0 Å². The summed E-state index contributed by atoms with van der Waals surface area (Å²) >= 11 is 0. The van der Waals surface area contributed by atoms with Gasteiger partial charge >= 0.3 is 0 Å². The fourth-order valence-electron chi connectivity index (χ4n) is 3.17. The van der Waals surface area contributed by atoms with E-state index in [1.165, 1.54) is 11.1 Å². The number of hydrogen-bond donors (Lipinski definition) is 0. The average molecular weight is 348 g/mol. The summed E-state index contributed by atoms with van der Waals surface area (Å²) in [5, 5.41) is 9.39. The highest BCUT2D eigenvalue weighted by molar-refractivity contribution is 5.55. The molecule has 0 atom stereocenters. The van der Waals surface area contributed by atoms with Crippen molar-refractivity contribution in [3.63, 3.8) is 0 Å². The number of benzene rings is 1.